The Balaban J connectivity index is 1.58. The van der Waals surface area contributed by atoms with E-state index in [2.05, 4.69) is 16.7 Å². The highest BCUT2D eigenvalue weighted by Gasteiger charge is 2.42. The first-order valence-corrected chi connectivity index (χ1v) is 8.98. The summed E-state index contributed by atoms with van der Waals surface area (Å²) in [5, 5.41) is 7.32. The number of fused-ring (bicyclic) bond motifs is 4. The van der Waals surface area contributed by atoms with Crippen molar-refractivity contribution in [3.05, 3.63) is 17.7 Å². The summed E-state index contributed by atoms with van der Waals surface area (Å²) in [6.07, 6.45) is 2.99. The summed E-state index contributed by atoms with van der Waals surface area (Å²) in [4.78, 5) is 19.2. The number of urea groups is 1. The first kappa shape index (κ1) is 13.6. The predicted octanol–water partition coefficient (Wildman–Crippen LogP) is 1.88. The van der Waals surface area contributed by atoms with Crippen LogP contribution in [0.3, 0.4) is 0 Å². The van der Waals surface area contributed by atoms with Crippen molar-refractivity contribution in [2.45, 2.75) is 31.3 Å². The normalized spacial score (nSPS) is 26.6. The topological polar surface area (TPSA) is 66.5 Å². The number of rotatable bonds is 1. The largest absolute Gasteiger partial charge is 0.493 e. The average molecular weight is 330 g/mol. The van der Waals surface area contributed by atoms with E-state index in [0.717, 1.165) is 60.1 Å². The van der Waals surface area contributed by atoms with Crippen LogP contribution in [-0.2, 0) is 6.42 Å². The molecular weight excluding hydrogens is 312 g/mol. The highest BCUT2D eigenvalue weighted by atomic mass is 32.1. The van der Waals surface area contributed by atoms with Crippen molar-refractivity contribution in [2.24, 2.45) is 0 Å². The van der Waals surface area contributed by atoms with Gasteiger partial charge in [-0.3, -0.25) is 4.90 Å². The molecule has 1 aromatic carbocycles. The number of aromatic nitrogens is 1. The summed E-state index contributed by atoms with van der Waals surface area (Å²) in [5.41, 5.74) is 2.19. The summed E-state index contributed by atoms with van der Waals surface area (Å²) in [7, 11) is 0. The predicted molar refractivity (Wildman–Crippen MR) is 89.5 cm³/mol. The molecule has 120 valence electrons. The Morgan fingerprint density at radius 3 is 3.30 bits per heavy atom. The van der Waals surface area contributed by atoms with Crippen LogP contribution < -0.4 is 20.3 Å². The van der Waals surface area contributed by atoms with Gasteiger partial charge in [0.25, 0.3) is 0 Å². The maximum Gasteiger partial charge on any atom is 0.324 e. The number of ether oxygens (including phenoxy) is 1. The van der Waals surface area contributed by atoms with E-state index in [-0.39, 0.29) is 18.1 Å². The standard InChI is InChI=1S/C16H18N4O2S/c21-15-18-10-8-17-6-1-2-11(10)20(15)16-19-14-9-5-7-22-12(9)3-4-13(14)23-16/h3-4,10-11,17H,1-2,5-8H2,(H,18,21)/t10-,11+/m0/s1. The van der Waals surface area contributed by atoms with Gasteiger partial charge in [-0.05, 0) is 31.5 Å². The summed E-state index contributed by atoms with van der Waals surface area (Å²) in [6.45, 7) is 2.57. The molecule has 0 saturated carbocycles. The van der Waals surface area contributed by atoms with Crippen LogP contribution in [0.5, 0.6) is 5.75 Å². The maximum atomic E-state index is 12.5. The molecule has 0 spiro atoms. The average Bonchev–Trinajstić information content (AvgIpc) is 3.19. The molecule has 23 heavy (non-hydrogen) atoms. The van der Waals surface area contributed by atoms with E-state index >= 15 is 0 Å². The molecule has 2 aromatic rings. The van der Waals surface area contributed by atoms with E-state index in [9.17, 15) is 4.79 Å². The summed E-state index contributed by atoms with van der Waals surface area (Å²) in [6, 6.07) is 4.43. The summed E-state index contributed by atoms with van der Waals surface area (Å²) in [5.74, 6) is 0.941. The van der Waals surface area contributed by atoms with Gasteiger partial charge in [0.1, 0.15) is 5.75 Å². The highest BCUT2D eigenvalue weighted by molar-refractivity contribution is 7.22. The van der Waals surface area contributed by atoms with Crippen LogP contribution in [0.4, 0.5) is 9.93 Å². The zero-order chi connectivity index (χ0) is 15.4. The Morgan fingerprint density at radius 1 is 1.39 bits per heavy atom. The summed E-state index contributed by atoms with van der Waals surface area (Å²) < 4.78 is 6.76. The van der Waals surface area contributed by atoms with Crippen molar-refractivity contribution in [1.29, 1.82) is 0 Å². The molecule has 3 aliphatic heterocycles. The van der Waals surface area contributed by atoms with Crippen LogP contribution in [0.1, 0.15) is 18.4 Å². The fourth-order valence-corrected chi connectivity index (χ4v) is 4.91. The minimum atomic E-state index is -0.0179. The van der Waals surface area contributed by atoms with Crippen molar-refractivity contribution in [3.8, 4) is 5.75 Å². The lowest BCUT2D eigenvalue weighted by Crippen LogP contribution is -2.40. The van der Waals surface area contributed by atoms with Gasteiger partial charge in [-0.1, -0.05) is 11.3 Å². The molecule has 2 N–H and O–H groups in total. The maximum absolute atomic E-state index is 12.5. The quantitative estimate of drug-likeness (QED) is 0.838. The molecular formula is C16H18N4O2S. The molecule has 4 heterocycles. The molecule has 2 fully saturated rings. The third-order valence-corrected chi connectivity index (χ3v) is 5.99. The van der Waals surface area contributed by atoms with Gasteiger partial charge in [-0.2, -0.15) is 0 Å². The molecule has 2 amide bonds. The fraction of sp³-hybridized carbons (Fsp3) is 0.500. The number of nitrogens with one attached hydrogen (secondary N) is 2. The van der Waals surface area contributed by atoms with E-state index in [1.807, 2.05) is 11.0 Å². The molecule has 7 heteroatoms. The van der Waals surface area contributed by atoms with Crippen LogP contribution in [0.2, 0.25) is 0 Å². The smallest absolute Gasteiger partial charge is 0.324 e. The second kappa shape index (κ2) is 5.07. The number of benzene rings is 1. The van der Waals surface area contributed by atoms with Gasteiger partial charge in [-0.25, -0.2) is 9.78 Å². The van der Waals surface area contributed by atoms with Crippen molar-refractivity contribution in [1.82, 2.24) is 15.6 Å². The lowest BCUT2D eigenvalue weighted by atomic mass is 10.1. The zero-order valence-electron chi connectivity index (χ0n) is 12.7. The fourth-order valence-electron chi connectivity index (χ4n) is 3.86. The lowest BCUT2D eigenvalue weighted by molar-refractivity contribution is 0.250. The number of hydrogen-bond acceptors (Lipinski definition) is 5. The monoisotopic (exact) mass is 330 g/mol. The SMILES string of the molecule is O=C1N[C@H]2CNCCC[C@H]2N1c1nc2c3c(ccc2s1)OCC3. The van der Waals surface area contributed by atoms with Gasteiger partial charge in [0.2, 0.25) is 0 Å². The molecule has 1 aromatic heterocycles. The Labute approximate surface area is 137 Å². The number of carbonyl (C=O) groups is 1. The minimum Gasteiger partial charge on any atom is -0.493 e. The second-order valence-corrected chi connectivity index (χ2v) is 7.33. The molecule has 6 nitrogen and oxygen atoms in total. The first-order valence-electron chi connectivity index (χ1n) is 8.17. The molecule has 2 atom stereocenters. The van der Waals surface area contributed by atoms with E-state index in [4.69, 9.17) is 9.72 Å². The van der Waals surface area contributed by atoms with Crippen LogP contribution in [0.25, 0.3) is 10.2 Å². The Morgan fingerprint density at radius 2 is 2.35 bits per heavy atom. The molecule has 0 bridgehead atoms. The molecule has 5 rings (SSSR count). The van der Waals surface area contributed by atoms with Gasteiger partial charge in [0, 0.05) is 18.5 Å². The van der Waals surface area contributed by atoms with Crippen LogP contribution >= 0.6 is 11.3 Å². The van der Waals surface area contributed by atoms with Gasteiger partial charge in [0.05, 0.1) is 28.9 Å². The number of nitrogens with zero attached hydrogens (tertiary/aromatic N) is 2. The first-order chi connectivity index (χ1) is 11.3. The zero-order valence-corrected chi connectivity index (χ0v) is 13.5. The van der Waals surface area contributed by atoms with E-state index in [1.54, 1.807) is 11.3 Å². The molecule has 0 unspecified atom stereocenters. The number of carbonyl (C=O) groups excluding carboxylic acids is 1. The Bertz CT molecular complexity index is 790. The number of amides is 2. The van der Waals surface area contributed by atoms with Crippen molar-refractivity contribution >= 4 is 32.7 Å². The highest BCUT2D eigenvalue weighted by Crippen LogP contribution is 2.39. The summed E-state index contributed by atoms with van der Waals surface area (Å²) >= 11 is 1.60. The number of hydrogen-bond donors (Lipinski definition) is 2. The second-order valence-electron chi connectivity index (χ2n) is 6.32. The van der Waals surface area contributed by atoms with Gasteiger partial charge in [0.15, 0.2) is 5.13 Å². The lowest BCUT2D eigenvalue weighted by Gasteiger charge is -2.22. The van der Waals surface area contributed by atoms with Crippen molar-refractivity contribution in [2.75, 3.05) is 24.6 Å². The minimum absolute atomic E-state index is 0.0179. The molecule has 0 aliphatic carbocycles. The third kappa shape index (κ3) is 2.03. The van der Waals surface area contributed by atoms with Gasteiger partial charge < -0.3 is 15.4 Å². The van der Waals surface area contributed by atoms with Gasteiger partial charge in [-0.15, -0.1) is 0 Å². The van der Waals surface area contributed by atoms with Crippen molar-refractivity contribution < 1.29 is 9.53 Å². The van der Waals surface area contributed by atoms with Crippen LogP contribution in [-0.4, -0.2) is 42.8 Å². The Hall–Kier alpha value is -1.86. The van der Waals surface area contributed by atoms with Gasteiger partial charge >= 0.3 is 6.03 Å². The number of thiazole rings is 1. The molecule has 3 aliphatic rings. The molecule has 2 saturated heterocycles. The Kier molecular flexibility index (Phi) is 2.99. The van der Waals surface area contributed by atoms with Crippen LogP contribution in [0, 0.1) is 0 Å². The van der Waals surface area contributed by atoms with Crippen LogP contribution in [0.15, 0.2) is 12.1 Å². The molecule has 0 radical (unpaired) electrons. The van der Waals surface area contributed by atoms with E-state index in [1.165, 1.54) is 5.56 Å². The van der Waals surface area contributed by atoms with E-state index < -0.39 is 0 Å². The third-order valence-electron chi connectivity index (χ3n) is 4.97. The number of anilines is 1. The van der Waals surface area contributed by atoms with Crippen molar-refractivity contribution in [3.63, 3.8) is 0 Å². The van der Waals surface area contributed by atoms with E-state index in [0.29, 0.717) is 0 Å².